The van der Waals surface area contributed by atoms with Crippen LogP contribution in [-0.2, 0) is 4.79 Å². The Morgan fingerprint density at radius 2 is 1.78 bits per heavy atom. The minimum atomic E-state index is 0.147. The van der Waals surface area contributed by atoms with Crippen LogP contribution in [0.5, 0.6) is 0 Å². The fourth-order valence-electron chi connectivity index (χ4n) is 2.41. The molecule has 18 heavy (non-hydrogen) atoms. The molecule has 2 rings (SSSR count). The average Bonchev–Trinajstić information content (AvgIpc) is 2.40. The van der Waals surface area contributed by atoms with Crippen molar-refractivity contribution in [2.45, 2.75) is 39.0 Å². The van der Waals surface area contributed by atoms with Crippen LogP contribution in [0, 0.1) is 11.3 Å². The molecule has 1 aromatic rings. The molecule has 3 nitrogen and oxygen atoms in total. The number of benzene rings is 1. The monoisotopic (exact) mass is 244 g/mol. The third-order valence-corrected chi connectivity index (χ3v) is 3.56. The van der Waals surface area contributed by atoms with Crippen molar-refractivity contribution in [3.8, 4) is 0 Å². The highest BCUT2D eigenvalue weighted by molar-refractivity contribution is 5.97. The molecule has 1 aliphatic rings. The molecule has 3 heteroatoms. The first kappa shape index (κ1) is 12.8. The van der Waals surface area contributed by atoms with Gasteiger partial charge in [-0.15, -0.1) is 0 Å². The summed E-state index contributed by atoms with van der Waals surface area (Å²) in [6.45, 7) is 1.76. The molecular weight excluding hydrogens is 224 g/mol. The van der Waals surface area contributed by atoms with Crippen molar-refractivity contribution >= 4 is 17.3 Å². The first-order valence-corrected chi connectivity index (χ1v) is 6.63. The molecule has 2 N–H and O–H groups in total. The van der Waals surface area contributed by atoms with E-state index in [1.165, 1.54) is 19.3 Å². The minimum Gasteiger partial charge on any atom is -0.326 e. The fourth-order valence-corrected chi connectivity index (χ4v) is 2.41. The van der Waals surface area contributed by atoms with Gasteiger partial charge in [0, 0.05) is 17.3 Å². The zero-order valence-corrected chi connectivity index (χ0v) is 10.8. The SMILES string of the molecule is CC(=N)c1ccc(NC(=O)C2CCCCC2)cc1. The molecule has 0 aromatic heterocycles. The fraction of sp³-hybridized carbons (Fsp3) is 0.467. The van der Waals surface area contributed by atoms with Crippen LogP contribution in [0.15, 0.2) is 24.3 Å². The Morgan fingerprint density at radius 1 is 1.17 bits per heavy atom. The number of amides is 1. The maximum absolute atomic E-state index is 12.0. The van der Waals surface area contributed by atoms with Crippen LogP contribution in [0.4, 0.5) is 5.69 Å². The summed E-state index contributed by atoms with van der Waals surface area (Å²) in [5.41, 5.74) is 2.27. The molecule has 0 radical (unpaired) electrons. The summed E-state index contributed by atoms with van der Waals surface area (Å²) >= 11 is 0. The van der Waals surface area contributed by atoms with E-state index in [9.17, 15) is 4.79 Å². The third kappa shape index (κ3) is 3.19. The van der Waals surface area contributed by atoms with Gasteiger partial charge in [-0.25, -0.2) is 0 Å². The molecule has 0 heterocycles. The molecule has 0 unspecified atom stereocenters. The molecule has 0 spiro atoms. The van der Waals surface area contributed by atoms with Crippen LogP contribution in [0.3, 0.4) is 0 Å². The van der Waals surface area contributed by atoms with Gasteiger partial charge < -0.3 is 10.7 Å². The van der Waals surface area contributed by atoms with Crippen molar-refractivity contribution in [1.82, 2.24) is 0 Å². The summed E-state index contributed by atoms with van der Waals surface area (Å²) in [4.78, 5) is 12.0. The topological polar surface area (TPSA) is 53.0 Å². The van der Waals surface area contributed by atoms with Gasteiger partial charge in [0.15, 0.2) is 0 Å². The molecular formula is C15H20N2O. The summed E-state index contributed by atoms with van der Waals surface area (Å²) in [7, 11) is 0. The highest BCUT2D eigenvalue weighted by Gasteiger charge is 2.20. The lowest BCUT2D eigenvalue weighted by Gasteiger charge is -2.20. The zero-order valence-electron chi connectivity index (χ0n) is 10.8. The molecule has 1 aliphatic carbocycles. The molecule has 0 aliphatic heterocycles. The number of carbonyl (C=O) groups is 1. The Hall–Kier alpha value is -1.64. The number of anilines is 1. The molecule has 0 bridgehead atoms. The number of rotatable bonds is 3. The van der Waals surface area contributed by atoms with E-state index < -0.39 is 0 Å². The summed E-state index contributed by atoms with van der Waals surface area (Å²) in [5, 5.41) is 10.5. The van der Waals surface area contributed by atoms with Crippen molar-refractivity contribution in [3.05, 3.63) is 29.8 Å². The van der Waals surface area contributed by atoms with Crippen LogP contribution in [0.1, 0.15) is 44.6 Å². The molecule has 0 saturated heterocycles. The number of hydrogen-bond acceptors (Lipinski definition) is 2. The number of hydrogen-bond donors (Lipinski definition) is 2. The lowest BCUT2D eigenvalue weighted by atomic mass is 9.88. The molecule has 1 aromatic carbocycles. The van der Waals surface area contributed by atoms with Crippen LogP contribution < -0.4 is 5.32 Å². The van der Waals surface area contributed by atoms with Gasteiger partial charge in [-0.05, 0) is 37.5 Å². The normalized spacial score (nSPS) is 16.3. The van der Waals surface area contributed by atoms with E-state index in [0.717, 1.165) is 24.1 Å². The van der Waals surface area contributed by atoms with Gasteiger partial charge in [-0.2, -0.15) is 0 Å². The van der Waals surface area contributed by atoms with Gasteiger partial charge in [-0.1, -0.05) is 31.4 Å². The average molecular weight is 244 g/mol. The first-order valence-electron chi connectivity index (χ1n) is 6.63. The second kappa shape index (κ2) is 5.80. The molecule has 1 fully saturated rings. The lowest BCUT2D eigenvalue weighted by molar-refractivity contribution is -0.120. The highest BCUT2D eigenvalue weighted by atomic mass is 16.1. The largest absolute Gasteiger partial charge is 0.326 e. The van der Waals surface area contributed by atoms with Gasteiger partial charge in [-0.3, -0.25) is 4.79 Å². The van der Waals surface area contributed by atoms with E-state index in [1.807, 2.05) is 24.3 Å². The summed E-state index contributed by atoms with van der Waals surface area (Å²) in [6.07, 6.45) is 5.64. The van der Waals surface area contributed by atoms with E-state index in [-0.39, 0.29) is 11.8 Å². The smallest absolute Gasteiger partial charge is 0.227 e. The molecule has 1 saturated carbocycles. The van der Waals surface area contributed by atoms with E-state index in [1.54, 1.807) is 6.92 Å². The van der Waals surface area contributed by atoms with E-state index in [2.05, 4.69) is 5.32 Å². The molecule has 96 valence electrons. The van der Waals surface area contributed by atoms with Crippen LogP contribution >= 0.6 is 0 Å². The van der Waals surface area contributed by atoms with Gasteiger partial charge in [0.1, 0.15) is 0 Å². The quantitative estimate of drug-likeness (QED) is 0.784. The Balaban J connectivity index is 1.96. The Bertz CT molecular complexity index is 430. The van der Waals surface area contributed by atoms with Crippen molar-refractivity contribution in [3.63, 3.8) is 0 Å². The van der Waals surface area contributed by atoms with Crippen LogP contribution in [0.25, 0.3) is 0 Å². The van der Waals surface area contributed by atoms with Crippen molar-refractivity contribution < 1.29 is 4.79 Å². The van der Waals surface area contributed by atoms with E-state index >= 15 is 0 Å². The predicted octanol–water partition coefficient (Wildman–Crippen LogP) is 3.59. The van der Waals surface area contributed by atoms with Crippen LogP contribution in [0.2, 0.25) is 0 Å². The Morgan fingerprint density at radius 3 is 2.33 bits per heavy atom. The first-order chi connectivity index (χ1) is 8.66. The second-order valence-corrected chi connectivity index (χ2v) is 5.03. The minimum absolute atomic E-state index is 0.147. The molecule has 0 atom stereocenters. The maximum Gasteiger partial charge on any atom is 0.227 e. The number of nitrogens with one attached hydrogen (secondary N) is 2. The Kier molecular flexibility index (Phi) is 4.13. The van der Waals surface area contributed by atoms with Crippen LogP contribution in [-0.4, -0.2) is 11.6 Å². The Labute approximate surface area is 108 Å². The van der Waals surface area contributed by atoms with Gasteiger partial charge in [0.05, 0.1) is 0 Å². The third-order valence-electron chi connectivity index (χ3n) is 3.56. The van der Waals surface area contributed by atoms with Crippen molar-refractivity contribution in [2.24, 2.45) is 5.92 Å². The molecule has 1 amide bonds. The maximum atomic E-state index is 12.0. The van der Waals surface area contributed by atoms with Gasteiger partial charge >= 0.3 is 0 Å². The highest BCUT2D eigenvalue weighted by Crippen LogP contribution is 2.25. The zero-order chi connectivity index (χ0) is 13.0. The summed E-state index contributed by atoms with van der Waals surface area (Å²) < 4.78 is 0. The summed E-state index contributed by atoms with van der Waals surface area (Å²) in [5.74, 6) is 0.330. The second-order valence-electron chi connectivity index (χ2n) is 5.03. The lowest BCUT2D eigenvalue weighted by Crippen LogP contribution is -2.24. The standard InChI is InChI=1S/C15H20N2O/c1-11(16)12-7-9-14(10-8-12)17-15(18)13-5-3-2-4-6-13/h7-10,13,16H,2-6H2,1H3,(H,17,18). The van der Waals surface area contributed by atoms with E-state index in [4.69, 9.17) is 5.41 Å². The van der Waals surface area contributed by atoms with Gasteiger partial charge in [0.25, 0.3) is 0 Å². The van der Waals surface area contributed by atoms with Crippen molar-refractivity contribution in [2.75, 3.05) is 5.32 Å². The predicted molar refractivity (Wildman–Crippen MR) is 74.1 cm³/mol. The van der Waals surface area contributed by atoms with Gasteiger partial charge in [0.2, 0.25) is 5.91 Å². The van der Waals surface area contributed by atoms with Crippen molar-refractivity contribution in [1.29, 1.82) is 5.41 Å². The van der Waals surface area contributed by atoms with E-state index in [0.29, 0.717) is 5.71 Å². The number of carbonyl (C=O) groups excluding carboxylic acids is 1. The summed E-state index contributed by atoms with van der Waals surface area (Å²) in [6, 6.07) is 7.49.